The zero-order chi connectivity index (χ0) is 14.3. The lowest BCUT2D eigenvalue weighted by Gasteiger charge is -2.21. The van der Waals surface area contributed by atoms with E-state index in [1.165, 1.54) is 22.3 Å². The Bertz CT molecular complexity index is 660. The molecule has 20 heavy (non-hydrogen) atoms. The smallest absolute Gasteiger partial charge is 0.0444 e. The summed E-state index contributed by atoms with van der Waals surface area (Å²) in [6.45, 7) is 9.31. The zero-order valence-electron chi connectivity index (χ0n) is 12.8. The first kappa shape index (κ1) is 13.4. The molecule has 0 heterocycles. The van der Waals surface area contributed by atoms with Gasteiger partial charge in [0.15, 0.2) is 0 Å². The standard InChI is InChI=1S/C19H22Si/c1-13-9-14(2)11-16(10-13)18-12-15-7-5-6-8-17(15)19(18)20(3)4/h5-12,19-20H,1-4H3. The van der Waals surface area contributed by atoms with Crippen molar-refractivity contribution in [2.24, 2.45) is 0 Å². The highest BCUT2D eigenvalue weighted by Crippen LogP contribution is 2.43. The average molecular weight is 278 g/mol. The minimum absolute atomic E-state index is 0.660. The van der Waals surface area contributed by atoms with Gasteiger partial charge < -0.3 is 0 Å². The quantitative estimate of drug-likeness (QED) is 0.681. The molecule has 0 radical (unpaired) electrons. The van der Waals surface area contributed by atoms with Crippen LogP contribution in [-0.4, -0.2) is 8.80 Å². The van der Waals surface area contributed by atoms with E-state index in [1.54, 1.807) is 11.1 Å². The topological polar surface area (TPSA) is 0 Å². The molecule has 0 N–H and O–H groups in total. The van der Waals surface area contributed by atoms with Gasteiger partial charge >= 0.3 is 0 Å². The van der Waals surface area contributed by atoms with Gasteiger partial charge in [0, 0.05) is 14.3 Å². The van der Waals surface area contributed by atoms with Gasteiger partial charge in [0.05, 0.1) is 0 Å². The van der Waals surface area contributed by atoms with Gasteiger partial charge in [-0.3, -0.25) is 0 Å². The third-order valence-electron chi connectivity index (χ3n) is 4.20. The molecular weight excluding hydrogens is 256 g/mol. The molecule has 1 aliphatic carbocycles. The summed E-state index contributed by atoms with van der Waals surface area (Å²) in [4.78, 5) is 0. The van der Waals surface area contributed by atoms with Gasteiger partial charge in [-0.25, -0.2) is 0 Å². The van der Waals surface area contributed by atoms with Crippen LogP contribution in [0.15, 0.2) is 42.5 Å². The van der Waals surface area contributed by atoms with Crippen molar-refractivity contribution in [1.29, 1.82) is 0 Å². The van der Waals surface area contributed by atoms with Gasteiger partial charge in [-0.2, -0.15) is 0 Å². The lowest BCUT2D eigenvalue weighted by Crippen LogP contribution is -2.15. The molecule has 0 spiro atoms. The SMILES string of the molecule is Cc1cc(C)cc(C2=Cc3ccccc3C2[SiH](C)C)c1. The predicted octanol–water partition coefficient (Wildman–Crippen LogP) is 4.97. The summed E-state index contributed by atoms with van der Waals surface area (Å²) >= 11 is 0. The average Bonchev–Trinajstić information content (AvgIpc) is 2.76. The molecule has 0 aromatic heterocycles. The van der Waals surface area contributed by atoms with Crippen molar-refractivity contribution < 1.29 is 0 Å². The fraction of sp³-hybridized carbons (Fsp3) is 0.263. The summed E-state index contributed by atoms with van der Waals surface area (Å²) in [6, 6.07) is 15.9. The van der Waals surface area contributed by atoms with Crippen LogP contribution in [-0.2, 0) is 0 Å². The molecule has 102 valence electrons. The van der Waals surface area contributed by atoms with Crippen LogP contribution in [0.25, 0.3) is 11.6 Å². The van der Waals surface area contributed by atoms with Gasteiger partial charge in [-0.15, -0.1) is 0 Å². The molecule has 3 rings (SSSR count). The Balaban J connectivity index is 2.14. The molecule has 0 bridgehead atoms. The van der Waals surface area contributed by atoms with E-state index in [2.05, 4.69) is 75.5 Å². The largest absolute Gasteiger partial charge is 0.0714 e. The van der Waals surface area contributed by atoms with Crippen LogP contribution < -0.4 is 0 Å². The van der Waals surface area contributed by atoms with E-state index >= 15 is 0 Å². The lowest BCUT2D eigenvalue weighted by atomic mass is 9.99. The molecule has 0 aliphatic heterocycles. The van der Waals surface area contributed by atoms with Crippen LogP contribution in [0.2, 0.25) is 13.1 Å². The van der Waals surface area contributed by atoms with Crippen molar-refractivity contribution in [2.75, 3.05) is 0 Å². The van der Waals surface area contributed by atoms with Crippen molar-refractivity contribution >= 4 is 20.4 Å². The van der Waals surface area contributed by atoms with E-state index in [1.807, 2.05) is 0 Å². The molecule has 0 fully saturated rings. The lowest BCUT2D eigenvalue weighted by molar-refractivity contribution is 1.21. The second-order valence-electron chi connectivity index (χ2n) is 6.33. The van der Waals surface area contributed by atoms with E-state index in [0.717, 1.165) is 0 Å². The van der Waals surface area contributed by atoms with Gasteiger partial charge in [-0.05, 0) is 36.1 Å². The van der Waals surface area contributed by atoms with Gasteiger partial charge in [-0.1, -0.05) is 72.8 Å². The fourth-order valence-corrected chi connectivity index (χ4v) is 5.50. The summed E-state index contributed by atoms with van der Waals surface area (Å²) < 4.78 is 0. The minimum atomic E-state index is -0.787. The zero-order valence-corrected chi connectivity index (χ0v) is 13.9. The Labute approximate surface area is 123 Å². The molecule has 1 unspecified atom stereocenters. The van der Waals surface area contributed by atoms with Crippen LogP contribution in [0.3, 0.4) is 0 Å². The van der Waals surface area contributed by atoms with Crippen molar-refractivity contribution in [3.8, 4) is 0 Å². The number of hydrogen-bond donors (Lipinski definition) is 0. The molecule has 0 saturated carbocycles. The Hall–Kier alpha value is -1.60. The maximum Gasteiger partial charge on any atom is 0.0444 e. The van der Waals surface area contributed by atoms with Crippen LogP contribution in [0.4, 0.5) is 0 Å². The Morgan fingerprint density at radius 2 is 1.55 bits per heavy atom. The van der Waals surface area contributed by atoms with E-state index in [4.69, 9.17) is 0 Å². The van der Waals surface area contributed by atoms with E-state index in [-0.39, 0.29) is 0 Å². The summed E-state index contributed by atoms with van der Waals surface area (Å²) in [5.41, 5.74) is 9.32. The Morgan fingerprint density at radius 1 is 0.900 bits per heavy atom. The predicted molar refractivity (Wildman–Crippen MR) is 91.8 cm³/mol. The summed E-state index contributed by atoms with van der Waals surface area (Å²) in [6.07, 6.45) is 2.42. The highest BCUT2D eigenvalue weighted by Gasteiger charge is 2.28. The third kappa shape index (κ3) is 2.27. The maximum atomic E-state index is 2.46. The first-order valence-corrected chi connectivity index (χ1v) is 10.4. The van der Waals surface area contributed by atoms with Gasteiger partial charge in [0.25, 0.3) is 0 Å². The van der Waals surface area contributed by atoms with Crippen LogP contribution in [0.5, 0.6) is 0 Å². The Kier molecular flexibility index (Phi) is 3.39. The molecule has 1 atom stereocenters. The second-order valence-corrected chi connectivity index (χ2v) is 9.48. The summed E-state index contributed by atoms with van der Waals surface area (Å²) in [5, 5.41) is 0. The van der Waals surface area contributed by atoms with Crippen LogP contribution in [0.1, 0.15) is 33.4 Å². The molecule has 0 saturated heterocycles. The number of rotatable bonds is 2. The molecule has 0 nitrogen and oxygen atoms in total. The van der Waals surface area contributed by atoms with Crippen molar-refractivity contribution in [1.82, 2.24) is 0 Å². The molecule has 0 amide bonds. The van der Waals surface area contributed by atoms with E-state index in [9.17, 15) is 0 Å². The highest BCUT2D eigenvalue weighted by molar-refractivity contribution is 6.60. The van der Waals surface area contributed by atoms with Gasteiger partial charge in [0.2, 0.25) is 0 Å². The first-order chi connectivity index (χ1) is 9.56. The molecular formula is C19H22Si. The third-order valence-corrected chi connectivity index (χ3v) is 6.25. The van der Waals surface area contributed by atoms with Crippen molar-refractivity contribution in [2.45, 2.75) is 32.5 Å². The number of hydrogen-bond acceptors (Lipinski definition) is 0. The monoisotopic (exact) mass is 278 g/mol. The number of benzene rings is 2. The van der Waals surface area contributed by atoms with Crippen molar-refractivity contribution in [3.05, 3.63) is 70.3 Å². The van der Waals surface area contributed by atoms with E-state index < -0.39 is 8.80 Å². The highest BCUT2D eigenvalue weighted by atomic mass is 28.3. The van der Waals surface area contributed by atoms with Crippen LogP contribution in [0, 0.1) is 13.8 Å². The Morgan fingerprint density at radius 3 is 2.20 bits per heavy atom. The van der Waals surface area contributed by atoms with Gasteiger partial charge in [0.1, 0.15) is 0 Å². The second kappa shape index (κ2) is 5.06. The summed E-state index contributed by atoms with van der Waals surface area (Å²) in [5.74, 6) is 0. The number of aryl methyl sites for hydroxylation is 2. The number of fused-ring (bicyclic) bond motifs is 1. The molecule has 1 heteroatoms. The molecule has 2 aromatic rings. The summed E-state index contributed by atoms with van der Waals surface area (Å²) in [7, 11) is -0.787. The first-order valence-electron chi connectivity index (χ1n) is 7.45. The normalized spacial score (nSPS) is 17.2. The molecule has 1 aliphatic rings. The van der Waals surface area contributed by atoms with E-state index in [0.29, 0.717) is 5.54 Å². The maximum absolute atomic E-state index is 2.46. The fourth-order valence-electron chi connectivity index (χ4n) is 3.47. The van der Waals surface area contributed by atoms with Crippen LogP contribution >= 0.6 is 0 Å². The molecule has 2 aromatic carbocycles. The minimum Gasteiger partial charge on any atom is -0.0714 e. The number of allylic oxidation sites excluding steroid dienone is 1. The van der Waals surface area contributed by atoms with Crippen molar-refractivity contribution in [3.63, 3.8) is 0 Å².